The van der Waals surface area contributed by atoms with Crippen molar-refractivity contribution in [2.24, 2.45) is 34.6 Å². The van der Waals surface area contributed by atoms with Crippen LogP contribution in [0.5, 0.6) is 0 Å². The van der Waals surface area contributed by atoms with E-state index in [1.165, 1.54) is 89.0 Å². The van der Waals surface area contributed by atoms with Crippen molar-refractivity contribution in [3.8, 4) is 0 Å². The summed E-state index contributed by atoms with van der Waals surface area (Å²) < 4.78 is 0. The first-order valence-electron chi connectivity index (χ1n) is 13.4. The molecule has 0 saturated heterocycles. The highest BCUT2D eigenvalue weighted by molar-refractivity contribution is 7.78. The van der Waals surface area contributed by atoms with Crippen LogP contribution in [0.25, 0.3) is 0 Å². The molecule has 2 heteroatoms. The Hall–Kier alpha value is -0.980. The van der Waals surface area contributed by atoms with Crippen LogP contribution in [-0.4, -0.2) is 5.16 Å². The van der Waals surface area contributed by atoms with Gasteiger partial charge in [-0.25, -0.2) is 0 Å². The molecule has 0 unspecified atom stereocenters. The van der Waals surface area contributed by atoms with Crippen LogP contribution in [0.3, 0.4) is 0 Å². The normalized spacial score (nSPS) is 34.1. The Kier molecular flexibility index (Phi) is 8.79. The van der Waals surface area contributed by atoms with E-state index in [1.54, 1.807) is 12.8 Å². The second kappa shape index (κ2) is 11.8. The molecule has 0 spiro atoms. The Morgan fingerprint density at radius 2 is 1.23 bits per heavy atom. The van der Waals surface area contributed by atoms with E-state index in [-0.39, 0.29) is 0 Å². The van der Waals surface area contributed by atoms with Gasteiger partial charge in [-0.05, 0) is 130 Å². The third-order valence-corrected chi connectivity index (χ3v) is 9.41. The van der Waals surface area contributed by atoms with Gasteiger partial charge in [0.1, 0.15) is 0 Å². The summed E-state index contributed by atoms with van der Waals surface area (Å²) in [6, 6.07) is 8.72. The number of hydrogen-bond acceptors (Lipinski definition) is 2. The Morgan fingerprint density at radius 3 is 1.71 bits per heavy atom. The van der Waals surface area contributed by atoms with Gasteiger partial charge < -0.3 is 0 Å². The van der Waals surface area contributed by atoms with Crippen LogP contribution in [0.15, 0.2) is 29.3 Å². The highest BCUT2D eigenvalue weighted by Gasteiger charge is 2.34. The van der Waals surface area contributed by atoms with Crippen molar-refractivity contribution in [2.45, 2.75) is 109 Å². The maximum Gasteiger partial charge on any atom is 0.0739 e. The summed E-state index contributed by atoms with van der Waals surface area (Å²) in [4.78, 5) is 4.09. The molecule has 0 aliphatic heterocycles. The summed E-state index contributed by atoms with van der Waals surface area (Å²) in [7, 11) is 0. The monoisotopic (exact) mass is 437 g/mol. The molecule has 4 rings (SSSR count). The van der Waals surface area contributed by atoms with Gasteiger partial charge >= 0.3 is 0 Å². The molecule has 3 saturated carbocycles. The third-order valence-electron chi connectivity index (χ3n) is 9.32. The lowest BCUT2D eigenvalue weighted by molar-refractivity contribution is 0.108. The third kappa shape index (κ3) is 6.29. The lowest BCUT2D eigenvalue weighted by atomic mass is 9.64. The second-order valence-corrected chi connectivity index (χ2v) is 11.2. The van der Waals surface area contributed by atoms with Gasteiger partial charge in [-0.1, -0.05) is 51.2 Å². The summed E-state index contributed by atoms with van der Waals surface area (Å²) in [5.74, 6) is 5.97. The van der Waals surface area contributed by atoms with Crippen LogP contribution in [0.1, 0.15) is 115 Å². The average Bonchev–Trinajstić information content (AvgIpc) is 2.84. The van der Waals surface area contributed by atoms with Gasteiger partial charge in [-0.15, -0.1) is 0 Å². The molecule has 0 atom stereocenters. The van der Waals surface area contributed by atoms with E-state index >= 15 is 0 Å². The van der Waals surface area contributed by atoms with Crippen molar-refractivity contribution in [3.05, 3.63) is 29.8 Å². The van der Waals surface area contributed by atoms with Crippen LogP contribution in [0.4, 0.5) is 5.69 Å². The van der Waals surface area contributed by atoms with E-state index in [9.17, 15) is 0 Å². The number of isothiocyanates is 1. The number of rotatable bonds is 7. The van der Waals surface area contributed by atoms with Crippen LogP contribution < -0.4 is 0 Å². The minimum atomic E-state index is 0.751. The molecule has 0 bridgehead atoms. The second-order valence-electron chi connectivity index (χ2n) is 11.0. The molecule has 3 aliphatic rings. The lowest BCUT2D eigenvalue weighted by Crippen LogP contribution is -2.29. The van der Waals surface area contributed by atoms with Gasteiger partial charge in [0.2, 0.25) is 0 Å². The fraction of sp³-hybridized carbons (Fsp3) is 0.759. The zero-order valence-electron chi connectivity index (χ0n) is 19.7. The molecule has 1 aromatic carbocycles. The SMILES string of the molecule is CCCCC1CCC(C2CCC(C3CCC(c4ccc(N=C=S)cc4)CC3)CC2)CC1. The molecule has 0 N–H and O–H groups in total. The number of hydrogen-bond donors (Lipinski definition) is 0. The van der Waals surface area contributed by atoms with Gasteiger partial charge in [-0.2, -0.15) is 4.99 Å². The molecular weight excluding hydrogens is 394 g/mol. The van der Waals surface area contributed by atoms with Crippen LogP contribution in [-0.2, 0) is 0 Å². The molecule has 0 radical (unpaired) electrons. The predicted octanol–water partition coefficient (Wildman–Crippen LogP) is 9.50. The first-order valence-corrected chi connectivity index (χ1v) is 13.9. The van der Waals surface area contributed by atoms with Crippen molar-refractivity contribution < 1.29 is 0 Å². The van der Waals surface area contributed by atoms with Gasteiger partial charge in [0.15, 0.2) is 0 Å². The molecule has 0 aromatic heterocycles. The molecule has 0 heterocycles. The maximum absolute atomic E-state index is 4.71. The quantitative estimate of drug-likeness (QED) is 0.305. The highest BCUT2D eigenvalue weighted by atomic mass is 32.1. The fourth-order valence-electron chi connectivity index (χ4n) is 7.33. The predicted molar refractivity (Wildman–Crippen MR) is 136 cm³/mol. The number of aliphatic imine (C=N–C) groups is 1. The van der Waals surface area contributed by atoms with E-state index in [4.69, 9.17) is 12.2 Å². The maximum atomic E-state index is 4.71. The minimum absolute atomic E-state index is 0.751. The molecule has 1 nitrogen and oxygen atoms in total. The van der Waals surface area contributed by atoms with E-state index < -0.39 is 0 Å². The lowest BCUT2D eigenvalue weighted by Gasteiger charge is -2.41. The standard InChI is InChI=1S/C29H43NS/c1-2-3-4-22-5-7-23(8-6-22)24-9-11-25(12-10-24)26-13-15-27(16-14-26)28-17-19-29(20-18-28)30-21-31/h17-20,22-27H,2-16H2,1H3. The molecule has 170 valence electrons. The largest absolute Gasteiger partial charge is 0.195 e. The molecule has 31 heavy (non-hydrogen) atoms. The first kappa shape index (κ1) is 23.2. The van der Waals surface area contributed by atoms with E-state index in [2.05, 4.69) is 41.3 Å². The van der Waals surface area contributed by atoms with Gasteiger partial charge in [0.25, 0.3) is 0 Å². The van der Waals surface area contributed by atoms with Crippen molar-refractivity contribution in [2.75, 3.05) is 0 Å². The van der Waals surface area contributed by atoms with Crippen LogP contribution >= 0.6 is 12.2 Å². The Balaban J connectivity index is 1.18. The Morgan fingerprint density at radius 1 is 0.742 bits per heavy atom. The molecule has 0 amide bonds. The Labute approximate surface area is 196 Å². The molecule has 3 aliphatic carbocycles. The summed E-state index contributed by atoms with van der Waals surface area (Å²) >= 11 is 4.71. The zero-order chi connectivity index (χ0) is 21.5. The summed E-state index contributed by atoms with van der Waals surface area (Å²) in [5, 5.41) is 2.47. The summed E-state index contributed by atoms with van der Waals surface area (Å²) in [6.07, 6.45) is 22.3. The van der Waals surface area contributed by atoms with E-state index in [0.29, 0.717) is 0 Å². The van der Waals surface area contributed by atoms with Crippen LogP contribution in [0, 0.1) is 29.6 Å². The zero-order valence-corrected chi connectivity index (χ0v) is 20.6. The molecule has 1 aromatic rings. The Bertz CT molecular complexity index is 695. The topological polar surface area (TPSA) is 12.4 Å². The van der Waals surface area contributed by atoms with Crippen molar-refractivity contribution in [3.63, 3.8) is 0 Å². The average molecular weight is 438 g/mol. The van der Waals surface area contributed by atoms with Crippen molar-refractivity contribution >= 4 is 23.1 Å². The molecule has 3 fully saturated rings. The molecular formula is C29H43NS. The van der Waals surface area contributed by atoms with Crippen molar-refractivity contribution in [1.29, 1.82) is 0 Å². The smallest absolute Gasteiger partial charge is 0.0739 e. The summed E-state index contributed by atoms with van der Waals surface area (Å²) in [6.45, 7) is 2.34. The van der Waals surface area contributed by atoms with E-state index in [1.807, 2.05) is 0 Å². The number of nitrogens with zero attached hydrogens (tertiary/aromatic N) is 1. The first-order chi connectivity index (χ1) is 15.3. The number of thiocarbonyl (C=S) groups is 1. The number of unbranched alkanes of at least 4 members (excludes halogenated alkanes) is 1. The number of benzene rings is 1. The van der Waals surface area contributed by atoms with Crippen molar-refractivity contribution in [1.82, 2.24) is 0 Å². The summed E-state index contributed by atoms with van der Waals surface area (Å²) in [5.41, 5.74) is 2.43. The van der Waals surface area contributed by atoms with Gasteiger partial charge in [0, 0.05) is 0 Å². The fourth-order valence-corrected chi connectivity index (χ4v) is 7.43. The van der Waals surface area contributed by atoms with Crippen LogP contribution in [0.2, 0.25) is 0 Å². The van der Waals surface area contributed by atoms with Gasteiger partial charge in [-0.3, -0.25) is 0 Å². The highest BCUT2D eigenvalue weighted by Crippen LogP contribution is 2.47. The van der Waals surface area contributed by atoms with Gasteiger partial charge in [0.05, 0.1) is 10.8 Å². The minimum Gasteiger partial charge on any atom is -0.195 e. The van der Waals surface area contributed by atoms with E-state index in [0.717, 1.165) is 41.2 Å².